The van der Waals surface area contributed by atoms with Crippen LogP contribution in [-0.2, 0) is 27.4 Å². The zero-order valence-corrected chi connectivity index (χ0v) is 26.3. The zero-order valence-electron chi connectivity index (χ0n) is 26.3. The highest BCUT2D eigenvalue weighted by Crippen LogP contribution is 2.20. The third-order valence-electron chi connectivity index (χ3n) is 7.85. The Kier molecular flexibility index (Phi) is 11.6. The molecule has 2 atom stereocenters. The Balaban J connectivity index is 1.47. The van der Waals surface area contributed by atoms with E-state index < -0.39 is 12.1 Å². The first-order chi connectivity index (χ1) is 21.7. The molecule has 2 aromatic carbocycles. The van der Waals surface area contributed by atoms with Crippen molar-refractivity contribution in [3.05, 3.63) is 83.3 Å². The summed E-state index contributed by atoms with van der Waals surface area (Å²) in [5, 5.41) is 5.74. The molecule has 11 nitrogen and oxygen atoms in total. The average Bonchev–Trinajstić information content (AvgIpc) is 3.43. The molecule has 1 aromatic heterocycles. The molecule has 240 valence electrons. The van der Waals surface area contributed by atoms with E-state index in [1.807, 2.05) is 49.4 Å². The van der Waals surface area contributed by atoms with Crippen LogP contribution in [0.25, 0.3) is 0 Å². The van der Waals surface area contributed by atoms with E-state index in [9.17, 15) is 19.2 Å². The van der Waals surface area contributed by atoms with Crippen LogP contribution in [0.4, 0.5) is 0 Å². The maximum Gasteiger partial charge on any atom is 0.289 e. The predicted molar refractivity (Wildman–Crippen MR) is 168 cm³/mol. The molecule has 1 aliphatic heterocycles. The van der Waals surface area contributed by atoms with Gasteiger partial charge in [0, 0.05) is 45.1 Å². The molecule has 45 heavy (non-hydrogen) atoms. The summed E-state index contributed by atoms with van der Waals surface area (Å²) in [6.07, 6.45) is 1.22. The number of para-hydroxylation sites is 1. The minimum atomic E-state index is -0.878. The van der Waals surface area contributed by atoms with E-state index in [1.165, 1.54) is 4.90 Å². The van der Waals surface area contributed by atoms with Gasteiger partial charge in [0.1, 0.15) is 35.9 Å². The van der Waals surface area contributed by atoms with Gasteiger partial charge < -0.3 is 34.3 Å². The van der Waals surface area contributed by atoms with Crippen LogP contribution in [0.5, 0.6) is 11.5 Å². The lowest BCUT2D eigenvalue weighted by atomic mass is 10.0. The number of benzene rings is 2. The molecule has 4 rings (SSSR count). The number of carbonyl (C=O) groups excluding carboxylic acids is 4. The first-order valence-electron chi connectivity index (χ1n) is 15.2. The molecule has 0 radical (unpaired) electrons. The number of likely N-dealkylation sites (N-methyl/N-ethyl adjacent to an activating group) is 1. The molecule has 0 unspecified atom stereocenters. The third kappa shape index (κ3) is 9.10. The number of nitrogens with zero attached hydrogens (tertiary/aromatic N) is 2. The van der Waals surface area contributed by atoms with Gasteiger partial charge in [-0.25, -0.2) is 0 Å². The molecule has 0 saturated carbocycles. The average molecular weight is 619 g/mol. The summed E-state index contributed by atoms with van der Waals surface area (Å²) in [4.78, 5) is 56.2. The summed E-state index contributed by atoms with van der Waals surface area (Å²) in [5.74, 6) is 0.813. The molecule has 1 saturated heterocycles. The van der Waals surface area contributed by atoms with Crippen molar-refractivity contribution in [2.75, 3.05) is 33.8 Å². The van der Waals surface area contributed by atoms with Crippen LogP contribution in [0.1, 0.15) is 53.6 Å². The Bertz CT molecular complexity index is 1450. The van der Waals surface area contributed by atoms with Crippen LogP contribution < -0.4 is 20.1 Å². The van der Waals surface area contributed by atoms with E-state index in [4.69, 9.17) is 13.9 Å². The molecule has 0 aliphatic carbocycles. The lowest BCUT2D eigenvalue weighted by Crippen LogP contribution is -2.54. The van der Waals surface area contributed by atoms with Crippen molar-refractivity contribution in [2.24, 2.45) is 0 Å². The molecule has 3 aromatic rings. The van der Waals surface area contributed by atoms with Crippen molar-refractivity contribution in [3.8, 4) is 11.5 Å². The monoisotopic (exact) mass is 618 g/mol. The number of methoxy groups -OCH3 is 1. The topological polar surface area (TPSA) is 130 Å². The number of furan rings is 1. The fourth-order valence-corrected chi connectivity index (χ4v) is 5.10. The Labute approximate surface area is 263 Å². The Morgan fingerprint density at radius 3 is 2.42 bits per heavy atom. The molecule has 0 spiro atoms. The highest BCUT2D eigenvalue weighted by molar-refractivity contribution is 5.93. The van der Waals surface area contributed by atoms with Crippen molar-refractivity contribution in [3.63, 3.8) is 0 Å². The largest absolute Gasteiger partial charge is 0.497 e. The predicted octanol–water partition coefficient (Wildman–Crippen LogP) is 3.49. The number of aryl methyl sites for hydroxylation is 1. The second-order valence-corrected chi connectivity index (χ2v) is 11.2. The standard InChI is InChI=1S/C34H42N4O7/c1-23-20-28(22-44-27-10-6-5-7-11-27)45-31(23)34(42)38-18-8-12-30(39)36-29(21-25-13-15-26(43-4)16-14-25)33(41)37(3)24(2)32(40)35-17-9-19-38/h5-7,10-11,13-16,20,24,29H,8-9,12,17-19,21-22H2,1-4H3,(H,35,40)(H,36,39)/t24-,29-/m0/s1. The Morgan fingerprint density at radius 1 is 1.00 bits per heavy atom. The number of carbonyl (C=O) groups is 4. The maximum atomic E-state index is 13.6. The van der Waals surface area contributed by atoms with Crippen molar-refractivity contribution < 1.29 is 33.1 Å². The number of hydrogen-bond acceptors (Lipinski definition) is 7. The fraction of sp³-hybridized carbons (Fsp3) is 0.412. The summed E-state index contributed by atoms with van der Waals surface area (Å²) in [6.45, 7) is 4.58. The van der Waals surface area contributed by atoms with Crippen LogP contribution in [0.2, 0.25) is 0 Å². The molecule has 4 amide bonds. The number of rotatable bonds is 7. The van der Waals surface area contributed by atoms with Gasteiger partial charge >= 0.3 is 0 Å². The summed E-state index contributed by atoms with van der Waals surface area (Å²) < 4.78 is 16.9. The first kappa shape index (κ1) is 33.1. The van der Waals surface area contributed by atoms with Crippen molar-refractivity contribution in [1.29, 1.82) is 0 Å². The van der Waals surface area contributed by atoms with Gasteiger partial charge in [0.15, 0.2) is 5.76 Å². The third-order valence-corrected chi connectivity index (χ3v) is 7.85. The van der Waals surface area contributed by atoms with Gasteiger partial charge in [0.2, 0.25) is 17.7 Å². The minimum absolute atomic E-state index is 0.111. The van der Waals surface area contributed by atoms with Gasteiger partial charge in [-0.1, -0.05) is 30.3 Å². The number of hydrogen-bond donors (Lipinski definition) is 2. The van der Waals surface area contributed by atoms with Crippen molar-refractivity contribution in [2.45, 2.75) is 58.2 Å². The molecular weight excluding hydrogens is 576 g/mol. The van der Waals surface area contributed by atoms with Gasteiger partial charge in [-0.15, -0.1) is 0 Å². The van der Waals surface area contributed by atoms with Crippen LogP contribution >= 0.6 is 0 Å². The summed E-state index contributed by atoms with van der Waals surface area (Å²) >= 11 is 0. The number of amides is 4. The molecular formula is C34H42N4O7. The van der Waals surface area contributed by atoms with E-state index in [0.29, 0.717) is 55.3 Å². The van der Waals surface area contributed by atoms with Crippen molar-refractivity contribution in [1.82, 2.24) is 20.4 Å². The quantitative estimate of drug-likeness (QED) is 0.415. The summed E-state index contributed by atoms with van der Waals surface area (Å²) in [6, 6.07) is 16.7. The van der Waals surface area contributed by atoms with Gasteiger partial charge in [0.25, 0.3) is 5.91 Å². The second-order valence-electron chi connectivity index (χ2n) is 11.2. The Hall–Kier alpha value is -4.80. The fourth-order valence-electron chi connectivity index (χ4n) is 5.10. The van der Waals surface area contributed by atoms with Crippen LogP contribution in [0.15, 0.2) is 65.1 Å². The highest BCUT2D eigenvalue weighted by atomic mass is 16.5. The van der Waals surface area contributed by atoms with Crippen molar-refractivity contribution >= 4 is 23.6 Å². The molecule has 0 bridgehead atoms. The molecule has 1 aliphatic rings. The van der Waals surface area contributed by atoms with E-state index in [2.05, 4.69) is 10.6 Å². The maximum absolute atomic E-state index is 13.6. The molecule has 11 heteroatoms. The highest BCUT2D eigenvalue weighted by Gasteiger charge is 2.30. The van der Waals surface area contributed by atoms with Crippen LogP contribution in [0, 0.1) is 6.92 Å². The summed E-state index contributed by atoms with van der Waals surface area (Å²) in [5.41, 5.74) is 1.52. The minimum Gasteiger partial charge on any atom is -0.497 e. The van der Waals surface area contributed by atoms with E-state index >= 15 is 0 Å². The second kappa shape index (κ2) is 15.8. The van der Waals surface area contributed by atoms with Gasteiger partial charge in [-0.2, -0.15) is 0 Å². The van der Waals surface area contributed by atoms with Crippen LogP contribution in [0.3, 0.4) is 0 Å². The van der Waals surface area contributed by atoms with Gasteiger partial charge in [-0.3, -0.25) is 19.2 Å². The van der Waals surface area contributed by atoms with E-state index in [0.717, 1.165) is 5.56 Å². The zero-order chi connectivity index (χ0) is 32.3. The van der Waals surface area contributed by atoms with E-state index in [-0.39, 0.29) is 48.8 Å². The molecule has 2 heterocycles. The number of nitrogens with one attached hydrogen (secondary N) is 2. The SMILES string of the molecule is COc1ccc(C[C@@H]2NC(=O)CCCN(C(=O)c3oc(COc4ccccc4)cc3C)CCCNC(=O)[C@H](C)N(C)C2=O)cc1. The number of ether oxygens (including phenoxy) is 2. The lowest BCUT2D eigenvalue weighted by molar-refractivity contribution is -0.141. The van der Waals surface area contributed by atoms with E-state index in [1.54, 1.807) is 44.2 Å². The first-order valence-corrected chi connectivity index (χ1v) is 15.2. The Morgan fingerprint density at radius 2 is 1.71 bits per heavy atom. The normalized spacial score (nSPS) is 18.8. The van der Waals surface area contributed by atoms with Gasteiger partial charge in [-0.05, 0) is 62.6 Å². The molecule has 2 N–H and O–H groups in total. The lowest BCUT2D eigenvalue weighted by Gasteiger charge is -2.29. The van der Waals surface area contributed by atoms with Crippen LogP contribution in [-0.4, -0.2) is 79.3 Å². The smallest absolute Gasteiger partial charge is 0.289 e. The summed E-state index contributed by atoms with van der Waals surface area (Å²) in [7, 11) is 3.13. The molecule has 1 fully saturated rings. The van der Waals surface area contributed by atoms with Gasteiger partial charge in [0.05, 0.1) is 7.11 Å².